The van der Waals surface area contributed by atoms with Crippen molar-refractivity contribution >= 4 is 17.5 Å². The summed E-state index contributed by atoms with van der Waals surface area (Å²) in [5.41, 5.74) is 4.05. The summed E-state index contributed by atoms with van der Waals surface area (Å²) >= 11 is 0. The molecular weight excluding hydrogens is 320 g/mol. The fourth-order valence-corrected chi connectivity index (χ4v) is 3.30. The van der Waals surface area contributed by atoms with Crippen LogP contribution >= 0.6 is 0 Å². The van der Waals surface area contributed by atoms with Crippen LogP contribution in [0.15, 0.2) is 29.4 Å². The number of ether oxygens (including phenoxy) is 1. The number of amides is 2. The van der Waals surface area contributed by atoms with Crippen molar-refractivity contribution in [1.82, 2.24) is 15.2 Å². The highest BCUT2D eigenvalue weighted by Gasteiger charge is 2.31. The van der Waals surface area contributed by atoms with Gasteiger partial charge in [-0.15, -0.1) is 0 Å². The van der Waals surface area contributed by atoms with Crippen LogP contribution in [0.2, 0.25) is 0 Å². The van der Waals surface area contributed by atoms with Gasteiger partial charge in [0.2, 0.25) is 5.91 Å². The minimum Gasteiger partial charge on any atom is -0.497 e. The van der Waals surface area contributed by atoms with Crippen molar-refractivity contribution in [2.24, 2.45) is 5.10 Å². The van der Waals surface area contributed by atoms with Crippen molar-refractivity contribution in [3.8, 4) is 5.75 Å². The third-order valence-electron chi connectivity index (χ3n) is 4.66. The van der Waals surface area contributed by atoms with Crippen molar-refractivity contribution in [3.63, 3.8) is 0 Å². The van der Waals surface area contributed by atoms with E-state index in [2.05, 4.69) is 28.4 Å². The first-order chi connectivity index (χ1) is 12.1. The molecule has 25 heavy (non-hydrogen) atoms. The highest BCUT2D eigenvalue weighted by molar-refractivity contribution is 6.39. The van der Waals surface area contributed by atoms with Crippen molar-refractivity contribution < 1.29 is 14.3 Å². The number of rotatable bonds is 4. The van der Waals surface area contributed by atoms with E-state index < -0.39 is 0 Å². The summed E-state index contributed by atoms with van der Waals surface area (Å²) in [4.78, 5) is 28.0. The van der Waals surface area contributed by atoms with Crippen LogP contribution < -0.4 is 10.2 Å². The molecule has 0 saturated carbocycles. The van der Waals surface area contributed by atoms with Crippen molar-refractivity contribution in [1.29, 1.82) is 0 Å². The number of hydrazone groups is 1. The molecule has 0 radical (unpaired) electrons. The number of hydrogen-bond donors (Lipinski definition) is 1. The van der Waals surface area contributed by atoms with Crippen LogP contribution in [-0.2, 0) is 16.1 Å². The predicted octanol–water partition coefficient (Wildman–Crippen LogP) is 0.994. The van der Waals surface area contributed by atoms with E-state index in [1.807, 2.05) is 23.1 Å². The molecule has 0 aliphatic carbocycles. The van der Waals surface area contributed by atoms with Gasteiger partial charge >= 0.3 is 0 Å². The third kappa shape index (κ3) is 4.17. The molecule has 1 N–H and O–H groups in total. The molecule has 2 heterocycles. The highest BCUT2D eigenvalue weighted by Crippen LogP contribution is 2.18. The Labute approximate surface area is 147 Å². The minimum atomic E-state index is -0.132. The van der Waals surface area contributed by atoms with Crippen LogP contribution in [0.1, 0.15) is 25.3 Å². The maximum atomic E-state index is 12.6. The molecule has 7 nitrogen and oxygen atoms in total. The molecule has 1 aromatic carbocycles. The van der Waals surface area contributed by atoms with Gasteiger partial charge in [0, 0.05) is 45.1 Å². The van der Waals surface area contributed by atoms with Gasteiger partial charge in [-0.2, -0.15) is 5.10 Å². The average molecular weight is 344 g/mol. The molecule has 3 rings (SSSR count). The predicted molar refractivity (Wildman–Crippen MR) is 94.3 cm³/mol. The topological polar surface area (TPSA) is 74.2 Å². The van der Waals surface area contributed by atoms with Gasteiger partial charge in [-0.25, -0.2) is 5.43 Å². The van der Waals surface area contributed by atoms with Gasteiger partial charge in [-0.3, -0.25) is 14.5 Å². The largest absolute Gasteiger partial charge is 0.497 e. The standard InChI is InChI=1S/C18H24N4O3/c1-13-11-21(12-14-4-3-5-15(10-14)25-2)8-9-22(13)18(24)16-6-7-17(23)20-19-16/h3-5,10,13H,6-9,11-12H2,1-2H3,(H,20,23)/t13-/m0/s1. The second kappa shape index (κ2) is 7.65. The lowest BCUT2D eigenvalue weighted by atomic mass is 10.1. The third-order valence-corrected chi connectivity index (χ3v) is 4.66. The molecule has 1 atom stereocenters. The molecule has 0 unspecified atom stereocenters. The molecule has 2 aliphatic rings. The Kier molecular flexibility index (Phi) is 5.33. The van der Waals surface area contributed by atoms with E-state index in [9.17, 15) is 9.59 Å². The minimum absolute atomic E-state index is 0.0615. The van der Waals surface area contributed by atoms with Crippen LogP contribution in [0.5, 0.6) is 5.75 Å². The summed E-state index contributed by atoms with van der Waals surface area (Å²) in [7, 11) is 1.67. The molecule has 1 fully saturated rings. The van der Waals surface area contributed by atoms with Crippen LogP contribution in [0.25, 0.3) is 0 Å². The number of carbonyl (C=O) groups is 2. The Balaban J connectivity index is 1.58. The smallest absolute Gasteiger partial charge is 0.270 e. The van der Waals surface area contributed by atoms with Crippen molar-refractivity contribution in [2.45, 2.75) is 32.4 Å². The Morgan fingerprint density at radius 1 is 1.36 bits per heavy atom. The summed E-state index contributed by atoms with van der Waals surface area (Å²) in [5, 5.41) is 3.92. The summed E-state index contributed by atoms with van der Waals surface area (Å²) in [6.45, 7) is 5.17. The maximum Gasteiger partial charge on any atom is 0.270 e. The van der Waals surface area contributed by atoms with Crippen LogP contribution in [0, 0.1) is 0 Å². The number of piperazine rings is 1. The molecule has 7 heteroatoms. The Bertz CT molecular complexity index is 689. The fraction of sp³-hybridized carbons (Fsp3) is 0.500. The van der Waals surface area contributed by atoms with E-state index in [0.717, 1.165) is 25.4 Å². The van der Waals surface area contributed by atoms with E-state index in [1.54, 1.807) is 7.11 Å². The molecule has 0 aromatic heterocycles. The van der Waals surface area contributed by atoms with E-state index in [0.29, 0.717) is 25.1 Å². The van der Waals surface area contributed by atoms with E-state index in [1.165, 1.54) is 5.56 Å². The normalized spacial score (nSPS) is 21.5. The monoisotopic (exact) mass is 344 g/mol. The SMILES string of the molecule is COc1cccc(CN2CCN(C(=O)C3=NNC(=O)CC3)[C@@H](C)C2)c1. The summed E-state index contributed by atoms with van der Waals surface area (Å²) in [6.07, 6.45) is 0.746. The summed E-state index contributed by atoms with van der Waals surface area (Å²) < 4.78 is 5.27. The lowest BCUT2D eigenvalue weighted by Gasteiger charge is -2.40. The number of carbonyl (C=O) groups excluding carboxylic acids is 2. The van der Waals surface area contributed by atoms with E-state index >= 15 is 0 Å². The van der Waals surface area contributed by atoms with Crippen LogP contribution in [-0.4, -0.2) is 60.1 Å². The summed E-state index contributed by atoms with van der Waals surface area (Å²) in [6, 6.07) is 8.16. The van der Waals surface area contributed by atoms with Gasteiger partial charge in [0.05, 0.1) is 7.11 Å². The van der Waals surface area contributed by atoms with E-state index in [-0.39, 0.29) is 17.9 Å². The summed E-state index contributed by atoms with van der Waals surface area (Å²) in [5.74, 6) is 0.665. The molecular formula is C18H24N4O3. The van der Waals surface area contributed by atoms with E-state index in [4.69, 9.17) is 4.74 Å². The molecule has 2 aliphatic heterocycles. The lowest BCUT2D eigenvalue weighted by Crippen LogP contribution is -2.55. The molecule has 0 bridgehead atoms. The van der Waals surface area contributed by atoms with Gasteiger partial charge in [0.25, 0.3) is 5.91 Å². The Morgan fingerprint density at radius 2 is 2.20 bits per heavy atom. The zero-order valence-corrected chi connectivity index (χ0v) is 14.7. The van der Waals surface area contributed by atoms with Crippen molar-refractivity contribution in [2.75, 3.05) is 26.7 Å². The number of hydrogen-bond acceptors (Lipinski definition) is 5. The number of benzene rings is 1. The maximum absolute atomic E-state index is 12.6. The van der Waals surface area contributed by atoms with Crippen molar-refractivity contribution in [3.05, 3.63) is 29.8 Å². The second-order valence-electron chi connectivity index (χ2n) is 6.53. The number of methoxy groups -OCH3 is 1. The Hall–Kier alpha value is -2.41. The first kappa shape index (κ1) is 17.4. The fourth-order valence-electron chi connectivity index (χ4n) is 3.30. The Morgan fingerprint density at radius 3 is 2.88 bits per heavy atom. The lowest BCUT2D eigenvalue weighted by molar-refractivity contribution is -0.128. The van der Waals surface area contributed by atoms with Gasteiger partial charge in [-0.05, 0) is 24.6 Å². The van der Waals surface area contributed by atoms with Gasteiger partial charge in [-0.1, -0.05) is 12.1 Å². The zero-order valence-electron chi connectivity index (χ0n) is 14.7. The first-order valence-corrected chi connectivity index (χ1v) is 8.58. The second-order valence-corrected chi connectivity index (χ2v) is 6.53. The molecule has 2 amide bonds. The molecule has 1 saturated heterocycles. The quantitative estimate of drug-likeness (QED) is 0.884. The van der Waals surface area contributed by atoms with Gasteiger partial charge in [0.15, 0.2) is 0 Å². The molecule has 134 valence electrons. The zero-order chi connectivity index (χ0) is 17.8. The number of nitrogens with zero attached hydrogens (tertiary/aromatic N) is 3. The first-order valence-electron chi connectivity index (χ1n) is 8.58. The van der Waals surface area contributed by atoms with Gasteiger partial charge < -0.3 is 9.64 Å². The molecule has 1 aromatic rings. The van der Waals surface area contributed by atoms with Crippen LogP contribution in [0.4, 0.5) is 0 Å². The average Bonchev–Trinajstić information content (AvgIpc) is 2.62. The molecule has 0 spiro atoms. The number of nitrogens with one attached hydrogen (secondary N) is 1. The highest BCUT2D eigenvalue weighted by atomic mass is 16.5. The van der Waals surface area contributed by atoms with Crippen LogP contribution in [0.3, 0.4) is 0 Å². The van der Waals surface area contributed by atoms with Gasteiger partial charge in [0.1, 0.15) is 11.5 Å².